The molecule has 0 saturated heterocycles. The Kier molecular flexibility index (Phi) is 3.79. The van der Waals surface area contributed by atoms with E-state index in [1.165, 1.54) is 0 Å². The Bertz CT molecular complexity index is 608. The number of hydrogen-bond donors (Lipinski definition) is 1. The van der Waals surface area contributed by atoms with E-state index in [1.807, 2.05) is 48.9 Å². The molecule has 2 rings (SSSR count). The largest absolute Gasteiger partial charge is 0.392 e. The first-order valence-electron chi connectivity index (χ1n) is 6.74. The highest BCUT2D eigenvalue weighted by Crippen LogP contribution is 2.25. The molecule has 0 fully saturated rings. The lowest BCUT2D eigenvalue weighted by Crippen LogP contribution is -2.25. The molecule has 0 bridgehead atoms. The summed E-state index contributed by atoms with van der Waals surface area (Å²) in [5.74, 6) is 0. The molecule has 0 saturated carbocycles. The fourth-order valence-corrected chi connectivity index (χ4v) is 2.43. The molecule has 0 amide bonds. The van der Waals surface area contributed by atoms with Gasteiger partial charge in [-0.05, 0) is 20.3 Å². The average molecular weight is 259 g/mol. The zero-order chi connectivity index (χ0) is 14.0. The summed E-state index contributed by atoms with van der Waals surface area (Å²) in [5, 5.41) is 0. The number of benzene rings is 1. The van der Waals surface area contributed by atoms with Crippen LogP contribution in [0.15, 0.2) is 35.1 Å². The van der Waals surface area contributed by atoms with Gasteiger partial charge in [0.25, 0.3) is 5.56 Å². The quantitative estimate of drug-likeness (QED) is 0.918. The van der Waals surface area contributed by atoms with Crippen molar-refractivity contribution in [2.45, 2.75) is 39.8 Å². The van der Waals surface area contributed by atoms with Crippen molar-refractivity contribution in [2.75, 3.05) is 5.73 Å². The summed E-state index contributed by atoms with van der Waals surface area (Å²) in [6.45, 7) is 6.89. The van der Waals surface area contributed by atoms with Crippen LogP contribution in [0.25, 0.3) is 11.3 Å². The van der Waals surface area contributed by atoms with Crippen molar-refractivity contribution < 1.29 is 0 Å². The standard InChI is InChI=1S/C15H21N3O/c1-4-10-17-14(12-8-6-5-7-9-12)13(16)15(19)18(17)11(2)3/h5-9,11H,4,10,16H2,1-3H3. The second kappa shape index (κ2) is 5.34. The Morgan fingerprint density at radius 2 is 1.84 bits per heavy atom. The molecule has 2 aromatic rings. The number of aromatic nitrogens is 2. The number of nitrogens with two attached hydrogens (primary N) is 1. The molecule has 0 spiro atoms. The normalized spacial score (nSPS) is 11.2. The monoisotopic (exact) mass is 259 g/mol. The molecule has 4 nitrogen and oxygen atoms in total. The van der Waals surface area contributed by atoms with Crippen LogP contribution in [0, 0.1) is 0 Å². The van der Waals surface area contributed by atoms with Gasteiger partial charge < -0.3 is 5.73 Å². The maximum atomic E-state index is 12.3. The van der Waals surface area contributed by atoms with Crippen LogP contribution in [-0.2, 0) is 6.54 Å². The molecule has 1 heterocycles. The highest BCUT2D eigenvalue weighted by atomic mass is 16.1. The predicted molar refractivity (Wildman–Crippen MR) is 79.2 cm³/mol. The van der Waals surface area contributed by atoms with Crippen molar-refractivity contribution in [3.05, 3.63) is 40.7 Å². The fourth-order valence-electron chi connectivity index (χ4n) is 2.43. The van der Waals surface area contributed by atoms with Crippen LogP contribution >= 0.6 is 0 Å². The van der Waals surface area contributed by atoms with Crippen LogP contribution in [0.1, 0.15) is 33.2 Å². The van der Waals surface area contributed by atoms with Crippen LogP contribution in [-0.4, -0.2) is 9.36 Å². The first-order chi connectivity index (χ1) is 9.07. The third kappa shape index (κ3) is 2.30. The van der Waals surface area contributed by atoms with Crippen LogP contribution < -0.4 is 11.3 Å². The Labute approximate surface area is 113 Å². The van der Waals surface area contributed by atoms with Crippen LogP contribution in [0.3, 0.4) is 0 Å². The topological polar surface area (TPSA) is 52.9 Å². The molecule has 0 aliphatic rings. The van der Waals surface area contributed by atoms with Gasteiger partial charge in [0.15, 0.2) is 0 Å². The van der Waals surface area contributed by atoms with Crippen LogP contribution in [0.4, 0.5) is 5.69 Å². The summed E-state index contributed by atoms with van der Waals surface area (Å²) in [6, 6.07) is 9.95. The minimum Gasteiger partial charge on any atom is -0.392 e. The number of nitrogen functional groups attached to an aromatic ring is 1. The lowest BCUT2D eigenvalue weighted by molar-refractivity contribution is 0.400. The molecule has 4 heteroatoms. The van der Waals surface area contributed by atoms with Gasteiger partial charge in [-0.3, -0.25) is 9.48 Å². The van der Waals surface area contributed by atoms with E-state index in [2.05, 4.69) is 6.92 Å². The highest BCUT2D eigenvalue weighted by Gasteiger charge is 2.19. The van der Waals surface area contributed by atoms with E-state index in [0.29, 0.717) is 5.69 Å². The predicted octanol–water partition coefficient (Wildman–Crippen LogP) is 2.89. The molecule has 102 valence electrons. The van der Waals surface area contributed by atoms with Crippen molar-refractivity contribution >= 4 is 5.69 Å². The van der Waals surface area contributed by atoms with Crippen molar-refractivity contribution in [3.8, 4) is 11.3 Å². The van der Waals surface area contributed by atoms with Crippen molar-refractivity contribution in [1.29, 1.82) is 0 Å². The molecular weight excluding hydrogens is 238 g/mol. The second-order valence-electron chi connectivity index (χ2n) is 4.99. The van der Waals surface area contributed by atoms with Gasteiger partial charge in [-0.2, -0.15) is 0 Å². The van der Waals surface area contributed by atoms with E-state index < -0.39 is 0 Å². The number of hydrogen-bond acceptors (Lipinski definition) is 2. The molecule has 1 aromatic heterocycles. The SMILES string of the molecule is CCCn1c(-c2ccccc2)c(N)c(=O)n1C(C)C. The maximum absolute atomic E-state index is 12.3. The van der Waals surface area contributed by atoms with E-state index in [9.17, 15) is 4.79 Å². The van der Waals surface area contributed by atoms with Gasteiger partial charge in [-0.1, -0.05) is 37.3 Å². The zero-order valence-corrected chi connectivity index (χ0v) is 11.8. The molecule has 0 unspecified atom stereocenters. The van der Waals surface area contributed by atoms with Gasteiger partial charge in [0, 0.05) is 18.2 Å². The fraction of sp³-hybridized carbons (Fsp3) is 0.400. The Morgan fingerprint density at radius 1 is 1.21 bits per heavy atom. The molecule has 0 aliphatic heterocycles. The van der Waals surface area contributed by atoms with E-state index in [4.69, 9.17) is 5.73 Å². The number of anilines is 1. The van der Waals surface area contributed by atoms with Gasteiger partial charge in [0.05, 0.1) is 5.69 Å². The molecule has 0 radical (unpaired) electrons. The van der Waals surface area contributed by atoms with Crippen molar-refractivity contribution in [2.24, 2.45) is 0 Å². The Hall–Kier alpha value is -1.97. The van der Waals surface area contributed by atoms with Crippen molar-refractivity contribution in [3.63, 3.8) is 0 Å². The molecule has 0 aliphatic carbocycles. The smallest absolute Gasteiger partial charge is 0.290 e. The van der Waals surface area contributed by atoms with Crippen molar-refractivity contribution in [1.82, 2.24) is 9.36 Å². The van der Waals surface area contributed by atoms with Gasteiger partial charge >= 0.3 is 0 Å². The first-order valence-corrected chi connectivity index (χ1v) is 6.74. The lowest BCUT2D eigenvalue weighted by atomic mass is 10.1. The lowest BCUT2D eigenvalue weighted by Gasteiger charge is -2.16. The average Bonchev–Trinajstić information content (AvgIpc) is 2.63. The van der Waals surface area contributed by atoms with Crippen LogP contribution in [0.5, 0.6) is 0 Å². The zero-order valence-electron chi connectivity index (χ0n) is 11.8. The van der Waals surface area contributed by atoms with E-state index >= 15 is 0 Å². The summed E-state index contributed by atoms with van der Waals surface area (Å²) >= 11 is 0. The minimum atomic E-state index is -0.0951. The summed E-state index contributed by atoms with van der Waals surface area (Å²) in [6.07, 6.45) is 0.958. The highest BCUT2D eigenvalue weighted by molar-refractivity contribution is 5.72. The van der Waals surface area contributed by atoms with E-state index in [1.54, 1.807) is 4.68 Å². The minimum absolute atomic E-state index is 0.0951. The summed E-state index contributed by atoms with van der Waals surface area (Å²) in [7, 11) is 0. The Morgan fingerprint density at radius 3 is 2.37 bits per heavy atom. The first kappa shape index (κ1) is 13.5. The van der Waals surface area contributed by atoms with Gasteiger partial charge in [0.1, 0.15) is 5.69 Å². The second-order valence-corrected chi connectivity index (χ2v) is 4.99. The van der Waals surface area contributed by atoms with E-state index in [-0.39, 0.29) is 11.6 Å². The molecule has 0 atom stereocenters. The third-order valence-electron chi connectivity index (χ3n) is 3.18. The van der Waals surface area contributed by atoms with Gasteiger partial charge in [0.2, 0.25) is 0 Å². The van der Waals surface area contributed by atoms with Gasteiger partial charge in [-0.15, -0.1) is 0 Å². The number of rotatable bonds is 4. The molecular formula is C15H21N3O. The van der Waals surface area contributed by atoms with Gasteiger partial charge in [-0.25, -0.2) is 4.68 Å². The summed E-state index contributed by atoms with van der Waals surface area (Å²) in [4.78, 5) is 12.3. The summed E-state index contributed by atoms with van der Waals surface area (Å²) in [5.41, 5.74) is 8.12. The molecule has 1 aromatic carbocycles. The van der Waals surface area contributed by atoms with Crippen LogP contribution in [0.2, 0.25) is 0 Å². The molecule has 19 heavy (non-hydrogen) atoms. The maximum Gasteiger partial charge on any atom is 0.290 e. The summed E-state index contributed by atoms with van der Waals surface area (Å²) < 4.78 is 3.76. The molecule has 2 N–H and O–H groups in total. The van der Waals surface area contributed by atoms with E-state index in [0.717, 1.165) is 24.2 Å². The Balaban J connectivity index is 2.73. The third-order valence-corrected chi connectivity index (χ3v) is 3.18. The number of nitrogens with zero attached hydrogens (tertiary/aromatic N) is 2.